The third-order valence-electron chi connectivity index (χ3n) is 6.38. The maximum absolute atomic E-state index is 14.7. The number of hydrogen-bond acceptors (Lipinski definition) is 3. The Morgan fingerprint density at radius 1 is 0.818 bits per heavy atom. The molecule has 2 aliphatic rings. The lowest BCUT2D eigenvalue weighted by Crippen LogP contribution is -2.37. The normalized spacial score (nSPS) is 16.0. The summed E-state index contributed by atoms with van der Waals surface area (Å²) in [6.45, 7) is 4.44. The number of nitrogens with zero attached hydrogens (tertiary/aromatic N) is 2. The van der Waals surface area contributed by atoms with Crippen LogP contribution in [0.25, 0.3) is 5.57 Å². The van der Waals surface area contributed by atoms with Gasteiger partial charge >= 0.3 is 0 Å². The minimum Gasteiger partial charge on any atom is -0.336 e. The van der Waals surface area contributed by atoms with Gasteiger partial charge in [0.15, 0.2) is 0 Å². The van der Waals surface area contributed by atoms with E-state index >= 15 is 0 Å². The number of benzene rings is 3. The summed E-state index contributed by atoms with van der Waals surface area (Å²) in [4.78, 5) is 30.0. The van der Waals surface area contributed by atoms with Crippen LogP contribution in [0.1, 0.15) is 28.7 Å². The highest BCUT2D eigenvalue weighted by Crippen LogP contribution is 2.40. The summed E-state index contributed by atoms with van der Waals surface area (Å²) in [5.74, 6) is -2.88. The molecular formula is C27H22F2N2O2. The van der Waals surface area contributed by atoms with Crippen LogP contribution in [-0.4, -0.2) is 18.4 Å². The van der Waals surface area contributed by atoms with Crippen molar-refractivity contribution in [3.8, 4) is 0 Å². The van der Waals surface area contributed by atoms with E-state index in [4.69, 9.17) is 0 Å². The third kappa shape index (κ3) is 3.42. The van der Waals surface area contributed by atoms with Crippen molar-refractivity contribution in [2.24, 2.45) is 0 Å². The van der Waals surface area contributed by atoms with Gasteiger partial charge in [-0.25, -0.2) is 13.7 Å². The zero-order chi connectivity index (χ0) is 23.3. The number of hydrogen-bond donors (Lipinski definition) is 0. The molecule has 33 heavy (non-hydrogen) atoms. The summed E-state index contributed by atoms with van der Waals surface area (Å²) in [5.41, 5.74) is 4.53. The summed E-state index contributed by atoms with van der Waals surface area (Å²) in [6, 6.07) is 16.1. The Labute approximate surface area is 190 Å². The lowest BCUT2D eigenvalue weighted by Gasteiger charge is -2.32. The molecule has 0 bridgehead atoms. The summed E-state index contributed by atoms with van der Waals surface area (Å²) < 4.78 is 28.7. The highest BCUT2D eigenvalue weighted by Gasteiger charge is 2.44. The number of aryl methyl sites for hydroxylation is 3. The minimum absolute atomic E-state index is 0.194. The molecule has 2 amide bonds. The van der Waals surface area contributed by atoms with Crippen LogP contribution in [0, 0.1) is 25.5 Å². The fraction of sp³-hybridized carbons (Fsp3) is 0.185. The minimum atomic E-state index is -0.835. The number of carbonyl (C=O) groups excluding carboxylic acids is 2. The largest absolute Gasteiger partial charge is 0.336 e. The van der Waals surface area contributed by atoms with Gasteiger partial charge in [-0.3, -0.25) is 9.59 Å². The van der Waals surface area contributed by atoms with Crippen LogP contribution in [0.15, 0.2) is 66.4 Å². The monoisotopic (exact) mass is 444 g/mol. The van der Waals surface area contributed by atoms with E-state index in [0.29, 0.717) is 12.1 Å². The summed E-state index contributed by atoms with van der Waals surface area (Å²) in [6.07, 6.45) is 1.67. The fourth-order valence-electron chi connectivity index (χ4n) is 4.57. The van der Waals surface area contributed by atoms with Gasteiger partial charge in [0.2, 0.25) is 0 Å². The van der Waals surface area contributed by atoms with Gasteiger partial charge in [-0.05, 0) is 67.1 Å². The number of rotatable bonds is 3. The second-order valence-corrected chi connectivity index (χ2v) is 8.45. The highest BCUT2D eigenvalue weighted by atomic mass is 19.1. The Kier molecular flexibility index (Phi) is 5.08. The number of para-hydroxylation sites is 1. The highest BCUT2D eigenvalue weighted by molar-refractivity contribution is 6.46. The van der Waals surface area contributed by atoms with Crippen LogP contribution in [0.4, 0.5) is 20.2 Å². The predicted octanol–water partition coefficient (Wildman–Crippen LogP) is 5.32. The molecule has 0 aliphatic carbocycles. The van der Waals surface area contributed by atoms with E-state index in [0.717, 1.165) is 58.3 Å². The van der Waals surface area contributed by atoms with Crippen LogP contribution < -0.4 is 9.80 Å². The molecule has 0 radical (unpaired) electrons. The van der Waals surface area contributed by atoms with Crippen molar-refractivity contribution in [2.75, 3.05) is 16.3 Å². The standard InChI is InChI=1S/C27H22F2N2O2/c1-16-9-10-19(14-17(16)2)24-25(30-13-5-7-18-6-3-4-8-22(18)30)27(33)31(26(24)32)23-15-20(28)11-12-21(23)29/h3-4,6,8-12,14-15H,5,7,13H2,1-2H3. The maximum Gasteiger partial charge on any atom is 0.282 e. The first-order chi connectivity index (χ1) is 15.9. The molecule has 3 aromatic carbocycles. The topological polar surface area (TPSA) is 40.6 Å². The maximum atomic E-state index is 14.7. The van der Waals surface area contributed by atoms with E-state index < -0.39 is 23.4 Å². The van der Waals surface area contributed by atoms with Gasteiger partial charge in [0.05, 0.1) is 11.3 Å². The zero-order valence-electron chi connectivity index (χ0n) is 18.4. The van der Waals surface area contributed by atoms with Crippen molar-refractivity contribution in [3.63, 3.8) is 0 Å². The molecule has 4 nitrogen and oxygen atoms in total. The second-order valence-electron chi connectivity index (χ2n) is 8.45. The molecule has 0 unspecified atom stereocenters. The average Bonchev–Trinajstić information content (AvgIpc) is 3.06. The van der Waals surface area contributed by atoms with E-state index in [-0.39, 0.29) is 17.0 Å². The quantitative estimate of drug-likeness (QED) is 0.514. The summed E-state index contributed by atoms with van der Waals surface area (Å²) in [5, 5.41) is 0. The van der Waals surface area contributed by atoms with E-state index in [2.05, 4.69) is 0 Å². The lowest BCUT2D eigenvalue weighted by atomic mass is 9.97. The Hall–Kier alpha value is -3.80. The molecule has 6 heteroatoms. The van der Waals surface area contributed by atoms with Crippen LogP contribution >= 0.6 is 0 Å². The Bertz CT molecular complexity index is 1350. The van der Waals surface area contributed by atoms with Crippen molar-refractivity contribution < 1.29 is 18.4 Å². The van der Waals surface area contributed by atoms with E-state index in [1.165, 1.54) is 0 Å². The first-order valence-electron chi connectivity index (χ1n) is 10.9. The number of carbonyl (C=O) groups is 2. The molecule has 3 aromatic rings. The van der Waals surface area contributed by atoms with Crippen molar-refractivity contribution in [3.05, 3.63) is 100 Å². The van der Waals surface area contributed by atoms with Gasteiger partial charge in [-0.15, -0.1) is 0 Å². The van der Waals surface area contributed by atoms with Gasteiger partial charge in [-0.2, -0.15) is 0 Å². The first-order valence-corrected chi connectivity index (χ1v) is 10.9. The molecule has 166 valence electrons. The zero-order valence-corrected chi connectivity index (χ0v) is 18.4. The Morgan fingerprint density at radius 3 is 2.39 bits per heavy atom. The molecule has 5 rings (SSSR count). The molecule has 0 fully saturated rings. The van der Waals surface area contributed by atoms with E-state index in [1.54, 1.807) is 6.07 Å². The molecule has 0 spiro atoms. The summed E-state index contributed by atoms with van der Waals surface area (Å²) in [7, 11) is 0. The van der Waals surface area contributed by atoms with Crippen molar-refractivity contribution in [1.29, 1.82) is 0 Å². The van der Waals surface area contributed by atoms with Crippen molar-refractivity contribution in [1.82, 2.24) is 0 Å². The van der Waals surface area contributed by atoms with Crippen LogP contribution in [0.2, 0.25) is 0 Å². The van der Waals surface area contributed by atoms with Gasteiger partial charge in [0.1, 0.15) is 17.3 Å². The van der Waals surface area contributed by atoms with E-state index in [9.17, 15) is 18.4 Å². The molecule has 0 aromatic heterocycles. The smallest absolute Gasteiger partial charge is 0.282 e. The number of imide groups is 1. The van der Waals surface area contributed by atoms with Crippen LogP contribution in [0.3, 0.4) is 0 Å². The number of anilines is 2. The predicted molar refractivity (Wildman–Crippen MR) is 124 cm³/mol. The average molecular weight is 444 g/mol. The third-order valence-corrected chi connectivity index (χ3v) is 6.38. The molecule has 0 N–H and O–H groups in total. The molecule has 0 atom stereocenters. The first kappa shape index (κ1) is 21.1. The van der Waals surface area contributed by atoms with Crippen molar-refractivity contribution >= 4 is 28.8 Å². The van der Waals surface area contributed by atoms with Gasteiger partial charge in [-0.1, -0.05) is 36.4 Å². The number of amides is 2. The lowest BCUT2D eigenvalue weighted by molar-refractivity contribution is -0.120. The van der Waals surface area contributed by atoms with Gasteiger partial charge in [0, 0.05) is 18.3 Å². The molecule has 0 saturated heterocycles. The fourth-order valence-corrected chi connectivity index (χ4v) is 4.57. The Balaban J connectivity index is 1.74. The van der Waals surface area contributed by atoms with Gasteiger partial charge < -0.3 is 4.90 Å². The molecule has 2 heterocycles. The number of fused-ring (bicyclic) bond motifs is 1. The van der Waals surface area contributed by atoms with Crippen molar-refractivity contribution in [2.45, 2.75) is 26.7 Å². The van der Waals surface area contributed by atoms with E-state index in [1.807, 2.05) is 55.1 Å². The number of halogens is 2. The molecule has 2 aliphatic heterocycles. The summed E-state index contributed by atoms with van der Waals surface area (Å²) >= 11 is 0. The van der Waals surface area contributed by atoms with Crippen LogP contribution in [0.5, 0.6) is 0 Å². The Morgan fingerprint density at radius 2 is 1.61 bits per heavy atom. The SMILES string of the molecule is Cc1ccc(C2=C(N3CCCc4ccccc43)C(=O)N(c3cc(F)ccc3F)C2=O)cc1C. The molecule has 0 saturated carbocycles. The van der Waals surface area contributed by atoms with Gasteiger partial charge in [0.25, 0.3) is 11.8 Å². The second kappa shape index (κ2) is 7.96. The molecular weight excluding hydrogens is 422 g/mol. The van der Waals surface area contributed by atoms with Crippen LogP contribution in [-0.2, 0) is 16.0 Å².